The van der Waals surface area contributed by atoms with Crippen molar-refractivity contribution in [3.8, 4) is 0 Å². The molecule has 1 aromatic rings. The maximum Gasteiger partial charge on any atom is 0.270 e. The van der Waals surface area contributed by atoms with E-state index in [4.69, 9.17) is 0 Å². The molecule has 0 aliphatic carbocycles. The fourth-order valence-corrected chi connectivity index (χ4v) is 2.67. The first-order valence-corrected chi connectivity index (χ1v) is 6.80. The monoisotopic (exact) mass is 335 g/mol. The van der Waals surface area contributed by atoms with Gasteiger partial charge in [-0.2, -0.15) is 0 Å². The third-order valence-electron chi connectivity index (χ3n) is 3.19. The molecule has 0 radical (unpaired) electrons. The van der Waals surface area contributed by atoms with Crippen LogP contribution in [0.2, 0.25) is 0 Å². The van der Waals surface area contributed by atoms with E-state index in [2.05, 4.69) is 28.2 Å². The molecule has 1 fully saturated rings. The van der Waals surface area contributed by atoms with Crippen LogP contribution in [0.25, 0.3) is 0 Å². The molecular formula is C12H19BrClN3O. The summed E-state index contributed by atoms with van der Waals surface area (Å²) in [7, 11) is 0. The zero-order chi connectivity index (χ0) is 12.4. The molecule has 18 heavy (non-hydrogen) atoms. The second kappa shape index (κ2) is 6.59. The molecule has 1 saturated heterocycles. The van der Waals surface area contributed by atoms with Crippen LogP contribution in [0.15, 0.2) is 16.7 Å². The zero-order valence-electron chi connectivity index (χ0n) is 10.6. The Balaban J connectivity index is 0.00000162. The second-order valence-electron chi connectivity index (χ2n) is 4.38. The number of hydrogen-bond acceptors (Lipinski definition) is 2. The first kappa shape index (κ1) is 15.5. The molecule has 1 amide bonds. The molecule has 4 nitrogen and oxygen atoms in total. The van der Waals surface area contributed by atoms with Gasteiger partial charge in [0.1, 0.15) is 5.69 Å². The number of halogens is 2. The number of aromatic nitrogens is 1. The van der Waals surface area contributed by atoms with Crippen LogP contribution in [-0.4, -0.2) is 41.1 Å². The predicted molar refractivity (Wildman–Crippen MR) is 78.4 cm³/mol. The molecule has 2 heterocycles. The Morgan fingerprint density at radius 1 is 1.61 bits per heavy atom. The maximum absolute atomic E-state index is 12.5. The molecule has 2 rings (SSSR count). The Bertz CT molecular complexity index is 421. The highest BCUT2D eigenvalue weighted by atomic mass is 79.9. The molecule has 102 valence electrons. The van der Waals surface area contributed by atoms with Gasteiger partial charge >= 0.3 is 0 Å². The zero-order valence-corrected chi connectivity index (χ0v) is 13.1. The van der Waals surface area contributed by atoms with Crippen molar-refractivity contribution in [1.29, 1.82) is 0 Å². The number of carbonyl (C=O) groups is 1. The lowest BCUT2D eigenvalue weighted by atomic mass is 10.2. The smallest absolute Gasteiger partial charge is 0.270 e. The van der Waals surface area contributed by atoms with E-state index in [1.807, 2.05) is 28.7 Å². The van der Waals surface area contributed by atoms with Crippen molar-refractivity contribution < 1.29 is 4.79 Å². The van der Waals surface area contributed by atoms with Gasteiger partial charge in [-0.1, -0.05) is 0 Å². The number of nitrogens with zero attached hydrogens (tertiary/aromatic N) is 2. The molecule has 1 aliphatic rings. The molecule has 6 heteroatoms. The van der Waals surface area contributed by atoms with Crippen LogP contribution in [0.1, 0.15) is 24.3 Å². The minimum Gasteiger partial charge on any atom is -0.343 e. The van der Waals surface area contributed by atoms with Crippen LogP contribution >= 0.6 is 28.3 Å². The summed E-state index contributed by atoms with van der Waals surface area (Å²) < 4.78 is 2.95. The van der Waals surface area contributed by atoms with E-state index in [1.165, 1.54) is 0 Å². The predicted octanol–water partition coefficient (Wildman–Crippen LogP) is 2.13. The Morgan fingerprint density at radius 2 is 2.33 bits per heavy atom. The Morgan fingerprint density at radius 3 is 2.94 bits per heavy atom. The van der Waals surface area contributed by atoms with Crippen LogP contribution in [-0.2, 0) is 6.54 Å². The van der Waals surface area contributed by atoms with Crippen LogP contribution in [0.3, 0.4) is 0 Å². The van der Waals surface area contributed by atoms with Crippen molar-refractivity contribution in [1.82, 2.24) is 14.8 Å². The van der Waals surface area contributed by atoms with Crippen molar-refractivity contribution in [2.45, 2.75) is 26.4 Å². The van der Waals surface area contributed by atoms with Crippen LogP contribution in [0.4, 0.5) is 0 Å². The average Bonchev–Trinajstić information content (AvgIpc) is 2.70. The van der Waals surface area contributed by atoms with Crippen LogP contribution in [0, 0.1) is 0 Å². The summed E-state index contributed by atoms with van der Waals surface area (Å²) in [6, 6.07) is 2.16. The number of nitrogens with one attached hydrogen (secondary N) is 1. The van der Waals surface area contributed by atoms with Gasteiger partial charge in [-0.3, -0.25) is 4.79 Å². The summed E-state index contributed by atoms with van der Waals surface area (Å²) in [6.07, 6.45) is 1.96. The average molecular weight is 337 g/mol. The molecule has 0 spiro atoms. The van der Waals surface area contributed by atoms with E-state index >= 15 is 0 Å². The number of carbonyl (C=O) groups excluding carboxylic acids is 1. The Hall–Kier alpha value is -0.520. The van der Waals surface area contributed by atoms with E-state index < -0.39 is 0 Å². The molecule has 1 aliphatic heterocycles. The van der Waals surface area contributed by atoms with Gasteiger partial charge in [0.15, 0.2) is 0 Å². The largest absolute Gasteiger partial charge is 0.343 e. The third kappa shape index (κ3) is 3.08. The van der Waals surface area contributed by atoms with Gasteiger partial charge in [0.2, 0.25) is 0 Å². The fourth-order valence-electron chi connectivity index (χ4n) is 2.21. The molecule has 0 saturated carbocycles. The molecule has 0 unspecified atom stereocenters. The highest BCUT2D eigenvalue weighted by Gasteiger charge is 2.26. The van der Waals surface area contributed by atoms with Crippen LogP contribution in [0.5, 0.6) is 0 Å². The summed E-state index contributed by atoms with van der Waals surface area (Å²) >= 11 is 3.43. The van der Waals surface area contributed by atoms with Gasteiger partial charge in [0, 0.05) is 42.9 Å². The normalized spacial score (nSPS) is 19.5. The van der Waals surface area contributed by atoms with Gasteiger partial charge in [-0.25, -0.2) is 0 Å². The van der Waals surface area contributed by atoms with E-state index in [-0.39, 0.29) is 24.4 Å². The van der Waals surface area contributed by atoms with Gasteiger partial charge in [-0.15, -0.1) is 12.4 Å². The Labute approximate surface area is 122 Å². The second-order valence-corrected chi connectivity index (χ2v) is 5.30. The quantitative estimate of drug-likeness (QED) is 0.898. The van der Waals surface area contributed by atoms with Gasteiger partial charge in [0.25, 0.3) is 5.91 Å². The van der Waals surface area contributed by atoms with Gasteiger partial charge in [0.05, 0.1) is 0 Å². The SMILES string of the molecule is CCn1cc(Br)cc1C(=O)N1CCNC[C@H]1C.Cl. The standard InChI is InChI=1S/C12H18BrN3O.ClH/c1-3-15-8-10(13)6-11(15)12(17)16-5-4-14-7-9(16)2;/h6,8-9,14H,3-5,7H2,1-2H3;1H/t9-;/m1./s1. The summed E-state index contributed by atoms with van der Waals surface area (Å²) in [5.41, 5.74) is 0.771. The lowest BCUT2D eigenvalue weighted by molar-refractivity contribution is 0.0645. The highest BCUT2D eigenvalue weighted by molar-refractivity contribution is 9.10. The molecule has 1 atom stereocenters. The third-order valence-corrected chi connectivity index (χ3v) is 3.62. The summed E-state index contributed by atoms with van der Waals surface area (Å²) in [4.78, 5) is 14.4. The summed E-state index contributed by atoms with van der Waals surface area (Å²) in [6.45, 7) is 7.48. The van der Waals surface area contributed by atoms with Crippen molar-refractivity contribution in [3.63, 3.8) is 0 Å². The molecule has 1 N–H and O–H groups in total. The number of piperazine rings is 1. The van der Waals surface area contributed by atoms with Crippen LogP contribution < -0.4 is 5.32 Å². The van der Waals surface area contributed by atoms with E-state index in [1.54, 1.807) is 0 Å². The van der Waals surface area contributed by atoms with Crippen molar-refractivity contribution in [2.75, 3.05) is 19.6 Å². The summed E-state index contributed by atoms with van der Waals surface area (Å²) in [5.74, 6) is 0.131. The minimum absolute atomic E-state index is 0. The minimum atomic E-state index is 0. The summed E-state index contributed by atoms with van der Waals surface area (Å²) in [5, 5.41) is 3.29. The van der Waals surface area contributed by atoms with Crippen molar-refractivity contribution in [2.24, 2.45) is 0 Å². The first-order chi connectivity index (χ1) is 8.13. The topological polar surface area (TPSA) is 37.3 Å². The number of aryl methyl sites for hydroxylation is 1. The van der Waals surface area contributed by atoms with E-state index in [0.717, 1.165) is 36.3 Å². The molecule has 1 aromatic heterocycles. The maximum atomic E-state index is 12.5. The molecular weight excluding hydrogens is 318 g/mol. The number of amides is 1. The van der Waals surface area contributed by atoms with Crippen molar-refractivity contribution >= 4 is 34.2 Å². The number of hydrogen-bond donors (Lipinski definition) is 1. The van der Waals surface area contributed by atoms with Gasteiger partial charge < -0.3 is 14.8 Å². The number of rotatable bonds is 2. The fraction of sp³-hybridized carbons (Fsp3) is 0.583. The van der Waals surface area contributed by atoms with Gasteiger partial charge in [-0.05, 0) is 35.8 Å². The van der Waals surface area contributed by atoms with Crippen molar-refractivity contribution in [3.05, 3.63) is 22.4 Å². The first-order valence-electron chi connectivity index (χ1n) is 6.01. The molecule has 0 bridgehead atoms. The highest BCUT2D eigenvalue weighted by Crippen LogP contribution is 2.18. The van der Waals surface area contributed by atoms with E-state index in [9.17, 15) is 4.79 Å². The molecule has 0 aromatic carbocycles. The Kier molecular flexibility index (Phi) is 5.69. The lowest BCUT2D eigenvalue weighted by Gasteiger charge is -2.34. The lowest BCUT2D eigenvalue weighted by Crippen LogP contribution is -2.52. The van der Waals surface area contributed by atoms with E-state index in [0.29, 0.717) is 0 Å².